The van der Waals surface area contributed by atoms with Gasteiger partial charge in [0.1, 0.15) is 18.2 Å². The molecule has 1 atom stereocenters. The largest absolute Gasteiger partial charge is 0.340 e. The van der Waals surface area contributed by atoms with Gasteiger partial charge in [-0.2, -0.15) is 0 Å². The summed E-state index contributed by atoms with van der Waals surface area (Å²) in [5, 5.41) is -1.02. The van der Waals surface area contributed by atoms with E-state index in [2.05, 4.69) is 0 Å². The summed E-state index contributed by atoms with van der Waals surface area (Å²) in [6.07, 6.45) is 0.0737. The molecule has 0 aliphatic carbocycles. The lowest BCUT2D eigenvalue weighted by atomic mass is 10.1. The number of carbonyl (C=O) groups excluding carboxylic acids is 2. The third-order valence-electron chi connectivity index (χ3n) is 5.91. The number of rotatable bonds is 4. The summed E-state index contributed by atoms with van der Waals surface area (Å²) in [6.45, 7) is 0.384. The predicted molar refractivity (Wildman–Crippen MR) is 115 cm³/mol. The molecular formula is C22H23F2N3O4S. The first-order valence-electron chi connectivity index (χ1n) is 10.3. The molecular weight excluding hydrogens is 440 g/mol. The van der Waals surface area contributed by atoms with Crippen LogP contribution in [0.15, 0.2) is 48.5 Å². The quantitative estimate of drug-likeness (QED) is 0.699. The fraction of sp³-hybridized carbons (Fsp3) is 0.364. The molecule has 0 spiro atoms. The van der Waals surface area contributed by atoms with E-state index in [4.69, 9.17) is 0 Å². The zero-order valence-electron chi connectivity index (χ0n) is 17.3. The molecule has 0 N–H and O–H groups in total. The molecule has 2 heterocycles. The first-order valence-corrected chi connectivity index (χ1v) is 12.0. The molecule has 7 nitrogen and oxygen atoms in total. The molecule has 1 unspecified atom stereocenters. The molecule has 32 heavy (non-hydrogen) atoms. The lowest BCUT2D eigenvalue weighted by molar-refractivity contribution is -0.131. The smallest absolute Gasteiger partial charge is 0.325 e. The zero-order valence-corrected chi connectivity index (χ0v) is 18.1. The minimum absolute atomic E-state index is 0.0226. The molecule has 2 aromatic rings. The van der Waals surface area contributed by atoms with E-state index in [1.54, 1.807) is 12.1 Å². The number of anilines is 1. The average Bonchev–Trinajstić information content (AvgIpc) is 3.02. The molecule has 2 aromatic carbocycles. The number of hydrogen-bond donors (Lipinski definition) is 0. The second-order valence-electron chi connectivity index (χ2n) is 7.85. The number of sulfone groups is 1. The van der Waals surface area contributed by atoms with Crippen LogP contribution in [0.5, 0.6) is 0 Å². The highest BCUT2D eigenvalue weighted by molar-refractivity contribution is 7.91. The van der Waals surface area contributed by atoms with Crippen molar-refractivity contribution in [1.82, 2.24) is 9.80 Å². The van der Waals surface area contributed by atoms with Gasteiger partial charge in [-0.05, 0) is 24.6 Å². The summed E-state index contributed by atoms with van der Waals surface area (Å²) >= 11 is 0. The SMILES string of the molecule is O=C(CN1CCN(c2ccccc2F)C1=O)N1CCC(c2ccccc2F)S(=O)(=O)CC1. The Morgan fingerprint density at radius 3 is 2.34 bits per heavy atom. The molecule has 2 fully saturated rings. The maximum absolute atomic E-state index is 14.2. The fourth-order valence-corrected chi connectivity index (χ4v) is 5.97. The van der Waals surface area contributed by atoms with Gasteiger partial charge in [-0.25, -0.2) is 22.0 Å². The van der Waals surface area contributed by atoms with Crippen LogP contribution in [-0.2, 0) is 14.6 Å². The van der Waals surface area contributed by atoms with E-state index < -0.39 is 38.7 Å². The fourth-order valence-electron chi connectivity index (χ4n) is 4.17. The maximum Gasteiger partial charge on any atom is 0.325 e. The minimum atomic E-state index is -3.65. The Bertz CT molecular complexity index is 1140. The van der Waals surface area contributed by atoms with Gasteiger partial charge in [-0.3, -0.25) is 9.69 Å². The predicted octanol–water partition coefficient (Wildman–Crippen LogP) is 2.60. The van der Waals surface area contributed by atoms with E-state index >= 15 is 0 Å². The number of urea groups is 1. The molecule has 0 saturated carbocycles. The van der Waals surface area contributed by atoms with Crippen LogP contribution >= 0.6 is 0 Å². The van der Waals surface area contributed by atoms with Crippen LogP contribution < -0.4 is 4.90 Å². The first kappa shape index (κ1) is 22.2. The zero-order chi connectivity index (χ0) is 22.9. The third-order valence-corrected chi connectivity index (χ3v) is 8.02. The van der Waals surface area contributed by atoms with Gasteiger partial charge >= 0.3 is 6.03 Å². The molecule has 170 valence electrons. The summed E-state index contributed by atoms with van der Waals surface area (Å²) < 4.78 is 53.7. The Morgan fingerprint density at radius 1 is 0.938 bits per heavy atom. The summed E-state index contributed by atoms with van der Waals surface area (Å²) in [5.74, 6) is -1.78. The summed E-state index contributed by atoms with van der Waals surface area (Å²) in [4.78, 5) is 29.6. The number of halogens is 2. The van der Waals surface area contributed by atoms with E-state index in [0.29, 0.717) is 0 Å². The van der Waals surface area contributed by atoms with E-state index in [9.17, 15) is 26.8 Å². The van der Waals surface area contributed by atoms with Crippen molar-refractivity contribution in [1.29, 1.82) is 0 Å². The lowest BCUT2D eigenvalue weighted by Crippen LogP contribution is -2.43. The van der Waals surface area contributed by atoms with E-state index in [-0.39, 0.29) is 56.1 Å². The van der Waals surface area contributed by atoms with E-state index in [1.807, 2.05) is 0 Å². The van der Waals surface area contributed by atoms with E-state index in [0.717, 1.165) is 0 Å². The van der Waals surface area contributed by atoms with Crippen molar-refractivity contribution in [2.24, 2.45) is 0 Å². The second kappa shape index (κ2) is 8.85. The average molecular weight is 464 g/mol. The van der Waals surface area contributed by atoms with Crippen LogP contribution in [0.3, 0.4) is 0 Å². The second-order valence-corrected chi connectivity index (χ2v) is 10.2. The van der Waals surface area contributed by atoms with Crippen LogP contribution in [0.2, 0.25) is 0 Å². The van der Waals surface area contributed by atoms with Gasteiger partial charge < -0.3 is 9.80 Å². The van der Waals surface area contributed by atoms with Crippen LogP contribution in [0.1, 0.15) is 17.2 Å². The molecule has 0 aromatic heterocycles. The number of benzene rings is 2. The Morgan fingerprint density at radius 2 is 1.62 bits per heavy atom. The number of nitrogens with zero attached hydrogens (tertiary/aromatic N) is 3. The highest BCUT2D eigenvalue weighted by atomic mass is 32.2. The molecule has 2 saturated heterocycles. The van der Waals surface area contributed by atoms with Gasteiger partial charge in [0, 0.05) is 31.7 Å². The van der Waals surface area contributed by atoms with Gasteiger partial charge in [-0.15, -0.1) is 0 Å². The number of hydrogen-bond acceptors (Lipinski definition) is 4. The van der Waals surface area contributed by atoms with Gasteiger partial charge in [0.15, 0.2) is 9.84 Å². The normalized spacial score (nSPS) is 21.0. The number of para-hydroxylation sites is 1. The van der Waals surface area contributed by atoms with Gasteiger partial charge in [0.25, 0.3) is 0 Å². The van der Waals surface area contributed by atoms with Crippen LogP contribution in [0.4, 0.5) is 19.3 Å². The van der Waals surface area contributed by atoms with Crippen LogP contribution in [0.25, 0.3) is 0 Å². The Hall–Kier alpha value is -3.01. The van der Waals surface area contributed by atoms with Crippen molar-refractivity contribution in [3.63, 3.8) is 0 Å². The van der Waals surface area contributed by atoms with Crippen molar-refractivity contribution in [2.75, 3.05) is 43.4 Å². The summed E-state index contributed by atoms with van der Waals surface area (Å²) in [7, 11) is -3.65. The van der Waals surface area contributed by atoms with E-state index in [1.165, 1.54) is 51.1 Å². The number of carbonyl (C=O) groups is 2. The first-order chi connectivity index (χ1) is 15.3. The standard InChI is InChI=1S/C22H23F2N3O4S/c23-17-6-2-1-5-16(17)20-9-10-25(13-14-32(20,30)31)21(28)15-26-11-12-27(22(26)29)19-8-4-3-7-18(19)24/h1-8,20H,9-15H2. The van der Waals surface area contributed by atoms with Crippen LogP contribution in [-0.4, -0.2) is 68.6 Å². The van der Waals surface area contributed by atoms with Gasteiger partial charge in [0.2, 0.25) is 5.91 Å². The Kier molecular flexibility index (Phi) is 6.14. The molecule has 2 aliphatic heterocycles. The van der Waals surface area contributed by atoms with Crippen molar-refractivity contribution in [3.05, 3.63) is 65.7 Å². The van der Waals surface area contributed by atoms with Gasteiger partial charge in [-0.1, -0.05) is 30.3 Å². The molecule has 4 rings (SSSR count). The number of amides is 3. The summed E-state index contributed by atoms with van der Waals surface area (Å²) in [6, 6.07) is 11.2. The van der Waals surface area contributed by atoms with Crippen molar-refractivity contribution in [3.8, 4) is 0 Å². The van der Waals surface area contributed by atoms with Gasteiger partial charge in [0.05, 0.1) is 16.7 Å². The molecule has 10 heteroatoms. The highest BCUT2D eigenvalue weighted by Crippen LogP contribution is 2.31. The topological polar surface area (TPSA) is 78.0 Å². The van der Waals surface area contributed by atoms with Crippen LogP contribution in [0, 0.1) is 11.6 Å². The lowest BCUT2D eigenvalue weighted by Gasteiger charge is -2.24. The highest BCUT2D eigenvalue weighted by Gasteiger charge is 2.36. The Balaban J connectivity index is 1.43. The van der Waals surface area contributed by atoms with Crippen molar-refractivity contribution < 1.29 is 26.8 Å². The minimum Gasteiger partial charge on any atom is -0.340 e. The molecule has 2 aliphatic rings. The maximum atomic E-state index is 14.2. The molecule has 0 radical (unpaired) electrons. The molecule has 0 bridgehead atoms. The monoisotopic (exact) mass is 463 g/mol. The summed E-state index contributed by atoms with van der Waals surface area (Å²) in [5.41, 5.74) is 0.262. The third kappa shape index (κ3) is 4.32. The molecule has 3 amide bonds. The van der Waals surface area contributed by atoms with Crippen molar-refractivity contribution >= 4 is 27.5 Å². The Labute approximate surface area is 185 Å². The van der Waals surface area contributed by atoms with Crippen molar-refractivity contribution in [2.45, 2.75) is 11.7 Å².